The van der Waals surface area contributed by atoms with Crippen LogP contribution >= 0.6 is 11.3 Å². The Bertz CT molecular complexity index is 1050. The average molecular weight is 467 g/mol. The fraction of sp³-hybridized carbons (Fsp3) is 0.450. The number of urea groups is 1. The molecule has 0 aliphatic carbocycles. The highest BCUT2D eigenvalue weighted by Crippen LogP contribution is 2.32. The number of carbonyl (C=O) groups excluding carboxylic acids is 1. The van der Waals surface area contributed by atoms with Gasteiger partial charge in [-0.3, -0.25) is 10.1 Å². The van der Waals surface area contributed by atoms with Crippen molar-refractivity contribution in [2.45, 2.75) is 24.8 Å². The third kappa shape index (κ3) is 5.34. The van der Waals surface area contributed by atoms with E-state index >= 15 is 0 Å². The zero-order chi connectivity index (χ0) is 22.8. The predicted molar refractivity (Wildman–Crippen MR) is 120 cm³/mol. The van der Waals surface area contributed by atoms with Crippen LogP contribution in [-0.4, -0.2) is 56.7 Å². The van der Waals surface area contributed by atoms with Crippen molar-refractivity contribution in [3.63, 3.8) is 0 Å². The number of amides is 2. The minimum atomic E-state index is -3.55. The lowest BCUT2D eigenvalue weighted by atomic mass is 10.0. The van der Waals surface area contributed by atoms with E-state index in [0.29, 0.717) is 31.9 Å². The molecule has 0 spiro atoms. The molecule has 168 valence electrons. The van der Waals surface area contributed by atoms with Crippen LogP contribution in [0.3, 0.4) is 0 Å². The van der Waals surface area contributed by atoms with Gasteiger partial charge >= 0.3 is 6.03 Å². The summed E-state index contributed by atoms with van der Waals surface area (Å²) in [4.78, 5) is 28.3. The Balaban J connectivity index is 1.69. The number of hydrogen-bond donors (Lipinski definition) is 1. The van der Waals surface area contributed by atoms with Crippen molar-refractivity contribution >= 4 is 38.6 Å². The highest BCUT2D eigenvalue weighted by Gasteiger charge is 2.29. The first-order valence-electron chi connectivity index (χ1n) is 9.90. The summed E-state index contributed by atoms with van der Waals surface area (Å²) in [7, 11) is -3.55. The molecule has 2 heterocycles. The van der Waals surface area contributed by atoms with Gasteiger partial charge in [-0.25, -0.2) is 13.2 Å². The smallest absolute Gasteiger partial charge is 0.318 e. The topological polar surface area (TPSA) is 113 Å². The molecule has 0 unspecified atom stereocenters. The van der Waals surface area contributed by atoms with E-state index in [9.17, 15) is 23.3 Å². The van der Waals surface area contributed by atoms with E-state index in [0.717, 1.165) is 17.2 Å². The van der Waals surface area contributed by atoms with Crippen LogP contribution in [0.5, 0.6) is 0 Å². The summed E-state index contributed by atoms with van der Waals surface area (Å²) in [5.74, 6) is 0.236. The Kier molecular flexibility index (Phi) is 6.85. The molecule has 1 aliphatic heterocycles. The van der Waals surface area contributed by atoms with Crippen molar-refractivity contribution in [1.29, 1.82) is 0 Å². The third-order valence-electron chi connectivity index (χ3n) is 5.27. The normalized spacial score (nSPS) is 15.7. The summed E-state index contributed by atoms with van der Waals surface area (Å²) in [6, 6.07) is 7.68. The molecule has 1 atom stereocenters. The van der Waals surface area contributed by atoms with E-state index in [1.807, 2.05) is 22.4 Å². The number of nitro benzene ring substituents is 1. The highest BCUT2D eigenvalue weighted by atomic mass is 32.2. The van der Waals surface area contributed by atoms with E-state index < -0.39 is 14.8 Å². The summed E-state index contributed by atoms with van der Waals surface area (Å²) >= 11 is 1.60. The van der Waals surface area contributed by atoms with Gasteiger partial charge in [-0.2, -0.15) is 0 Å². The molecule has 0 saturated carbocycles. The van der Waals surface area contributed by atoms with Gasteiger partial charge in [0.15, 0.2) is 9.84 Å². The highest BCUT2D eigenvalue weighted by molar-refractivity contribution is 7.90. The predicted octanol–water partition coefficient (Wildman–Crippen LogP) is 3.29. The first-order valence-corrected chi connectivity index (χ1v) is 12.7. The monoisotopic (exact) mass is 466 g/mol. The zero-order valence-corrected chi connectivity index (χ0v) is 19.3. The van der Waals surface area contributed by atoms with Crippen LogP contribution in [0.1, 0.15) is 24.8 Å². The molecule has 1 N–H and O–H groups in total. The molecule has 1 saturated heterocycles. The summed E-state index contributed by atoms with van der Waals surface area (Å²) in [6.07, 6.45) is 1.02. The van der Waals surface area contributed by atoms with Gasteiger partial charge in [0.25, 0.3) is 5.69 Å². The van der Waals surface area contributed by atoms with Crippen LogP contribution in [0.15, 0.2) is 40.6 Å². The quantitative estimate of drug-likeness (QED) is 0.516. The average Bonchev–Trinajstić information content (AvgIpc) is 3.25. The van der Waals surface area contributed by atoms with Gasteiger partial charge in [0.05, 0.1) is 15.9 Å². The standard InChI is InChI=1S/C20H26N4O5S2/c1-14(2)19(18-5-4-12-30-18)21-20(25)23-10-8-22(9-11-23)16-7-6-15(31(3,28)29)13-17(16)24(26)27/h4-7,12-14,19H,8-11H2,1-3H3,(H,21,25)/t19-/m0/s1. The van der Waals surface area contributed by atoms with Crippen molar-refractivity contribution in [1.82, 2.24) is 10.2 Å². The Morgan fingerprint density at radius 2 is 1.87 bits per heavy atom. The number of benzene rings is 1. The Morgan fingerprint density at radius 3 is 2.39 bits per heavy atom. The maximum absolute atomic E-state index is 12.8. The number of nitro groups is 1. The van der Waals surface area contributed by atoms with Crippen LogP contribution < -0.4 is 10.2 Å². The van der Waals surface area contributed by atoms with Crippen molar-refractivity contribution in [2.24, 2.45) is 5.92 Å². The second kappa shape index (κ2) is 9.23. The molecule has 0 bridgehead atoms. The van der Waals surface area contributed by atoms with E-state index in [-0.39, 0.29) is 28.6 Å². The molecule has 3 rings (SSSR count). The maximum atomic E-state index is 12.8. The molecule has 31 heavy (non-hydrogen) atoms. The number of nitrogens with one attached hydrogen (secondary N) is 1. The van der Waals surface area contributed by atoms with E-state index in [4.69, 9.17) is 0 Å². The Morgan fingerprint density at radius 1 is 1.19 bits per heavy atom. The largest absolute Gasteiger partial charge is 0.362 e. The number of thiophene rings is 1. The molecule has 9 nitrogen and oxygen atoms in total. The molecule has 1 fully saturated rings. The van der Waals surface area contributed by atoms with E-state index in [1.165, 1.54) is 12.1 Å². The number of carbonyl (C=O) groups is 1. The summed E-state index contributed by atoms with van der Waals surface area (Å²) in [6.45, 7) is 5.76. The first-order chi connectivity index (χ1) is 14.6. The number of rotatable bonds is 6. The molecule has 2 amide bonds. The molecule has 11 heteroatoms. The van der Waals surface area contributed by atoms with E-state index in [2.05, 4.69) is 19.2 Å². The Labute approximate surface area is 185 Å². The SMILES string of the molecule is CC(C)[C@H](NC(=O)N1CCN(c2ccc(S(C)(=O)=O)cc2[N+](=O)[O-])CC1)c1cccs1. The van der Waals surface area contributed by atoms with Crippen LogP contribution in [0.4, 0.5) is 16.2 Å². The van der Waals surface area contributed by atoms with Crippen molar-refractivity contribution in [3.8, 4) is 0 Å². The molecular formula is C20H26N4O5S2. The van der Waals surface area contributed by atoms with Crippen LogP contribution in [0, 0.1) is 16.0 Å². The third-order valence-corrected chi connectivity index (χ3v) is 7.34. The Hall–Kier alpha value is -2.66. The van der Waals surface area contributed by atoms with Gasteiger partial charge in [0, 0.05) is 43.4 Å². The second-order valence-corrected chi connectivity index (χ2v) is 10.8. The van der Waals surface area contributed by atoms with Crippen molar-refractivity contribution in [2.75, 3.05) is 37.3 Å². The van der Waals surface area contributed by atoms with Gasteiger partial charge in [0.2, 0.25) is 0 Å². The summed E-state index contributed by atoms with van der Waals surface area (Å²) in [5.41, 5.74) is 0.106. The van der Waals surface area contributed by atoms with Gasteiger partial charge in [-0.15, -0.1) is 11.3 Å². The molecule has 1 aliphatic rings. The summed E-state index contributed by atoms with van der Waals surface area (Å²) < 4.78 is 23.5. The number of anilines is 1. The lowest BCUT2D eigenvalue weighted by molar-refractivity contribution is -0.384. The van der Waals surface area contributed by atoms with Crippen LogP contribution in [0.2, 0.25) is 0 Å². The second-order valence-electron chi connectivity index (χ2n) is 7.84. The fourth-order valence-electron chi connectivity index (χ4n) is 3.56. The van der Waals surface area contributed by atoms with Gasteiger partial charge in [0.1, 0.15) is 5.69 Å². The maximum Gasteiger partial charge on any atom is 0.318 e. The number of hydrogen-bond acceptors (Lipinski definition) is 7. The first kappa shape index (κ1) is 23.0. The van der Waals surface area contributed by atoms with Gasteiger partial charge in [-0.05, 0) is 29.5 Å². The molecule has 1 aromatic carbocycles. The minimum Gasteiger partial charge on any atom is -0.362 e. The number of sulfone groups is 1. The van der Waals surface area contributed by atoms with Crippen molar-refractivity contribution < 1.29 is 18.1 Å². The van der Waals surface area contributed by atoms with Gasteiger partial charge < -0.3 is 15.1 Å². The van der Waals surface area contributed by atoms with Gasteiger partial charge in [-0.1, -0.05) is 19.9 Å². The minimum absolute atomic E-state index is 0.0739. The van der Waals surface area contributed by atoms with Crippen LogP contribution in [-0.2, 0) is 9.84 Å². The zero-order valence-electron chi connectivity index (χ0n) is 17.6. The fourth-order valence-corrected chi connectivity index (χ4v) is 5.15. The lowest BCUT2D eigenvalue weighted by Gasteiger charge is -2.36. The number of piperazine rings is 1. The van der Waals surface area contributed by atoms with Crippen LogP contribution in [0.25, 0.3) is 0 Å². The lowest BCUT2D eigenvalue weighted by Crippen LogP contribution is -2.52. The molecular weight excluding hydrogens is 440 g/mol. The molecule has 2 aromatic rings. The number of nitrogens with zero attached hydrogens (tertiary/aromatic N) is 3. The molecule has 1 aromatic heterocycles. The molecule has 0 radical (unpaired) electrons. The van der Waals surface area contributed by atoms with Crippen molar-refractivity contribution in [3.05, 3.63) is 50.7 Å². The summed E-state index contributed by atoms with van der Waals surface area (Å²) in [5, 5.41) is 16.6. The van der Waals surface area contributed by atoms with E-state index in [1.54, 1.807) is 16.2 Å².